The predicted molar refractivity (Wildman–Crippen MR) is 67.1 cm³/mol. The number of nitro groups is 1. The van der Waals surface area contributed by atoms with Gasteiger partial charge in [-0.3, -0.25) is 14.8 Å². The zero-order valence-corrected chi connectivity index (χ0v) is 10.5. The molecule has 94 valence electrons. The summed E-state index contributed by atoms with van der Waals surface area (Å²) in [5, 5.41) is 18.0. The molecule has 0 spiro atoms. The molecular weight excluding hydrogens is 258 g/mol. The first kappa shape index (κ1) is 12.3. The van der Waals surface area contributed by atoms with E-state index in [-0.39, 0.29) is 16.7 Å². The Labute approximate surface area is 108 Å². The number of nitrogens with zero attached hydrogens (tertiary/aromatic N) is 4. The zero-order valence-electron chi connectivity index (χ0n) is 9.72. The van der Waals surface area contributed by atoms with Gasteiger partial charge in [0.15, 0.2) is 5.82 Å². The Balaban J connectivity index is 2.38. The van der Waals surface area contributed by atoms with Crippen LogP contribution in [0.5, 0.6) is 0 Å². The molecule has 0 aliphatic carbocycles. The lowest BCUT2D eigenvalue weighted by molar-refractivity contribution is -0.384. The van der Waals surface area contributed by atoms with Gasteiger partial charge < -0.3 is 5.32 Å². The monoisotopic (exact) mass is 267 g/mol. The Morgan fingerprint density at radius 3 is 2.78 bits per heavy atom. The van der Waals surface area contributed by atoms with Crippen molar-refractivity contribution in [1.82, 2.24) is 14.8 Å². The second-order valence-electron chi connectivity index (χ2n) is 3.68. The smallest absolute Gasteiger partial charge is 0.311 e. The van der Waals surface area contributed by atoms with Crippen molar-refractivity contribution in [2.75, 3.05) is 5.32 Å². The molecule has 0 saturated carbocycles. The molecule has 0 bridgehead atoms. The summed E-state index contributed by atoms with van der Waals surface area (Å²) in [7, 11) is 1.78. The van der Waals surface area contributed by atoms with Gasteiger partial charge in [-0.1, -0.05) is 11.6 Å². The van der Waals surface area contributed by atoms with Crippen LogP contribution in [-0.2, 0) is 7.05 Å². The normalized spacial score (nSPS) is 10.4. The number of hydrogen-bond donors (Lipinski definition) is 1. The molecule has 0 atom stereocenters. The number of pyridine rings is 1. The lowest BCUT2D eigenvalue weighted by Gasteiger charge is -2.03. The summed E-state index contributed by atoms with van der Waals surface area (Å²) in [5.74, 6) is 0.554. The molecule has 0 fully saturated rings. The minimum atomic E-state index is -0.526. The summed E-state index contributed by atoms with van der Waals surface area (Å²) >= 11 is 5.72. The molecule has 0 saturated heterocycles. The van der Waals surface area contributed by atoms with Crippen LogP contribution in [0.2, 0.25) is 5.15 Å². The van der Waals surface area contributed by atoms with Crippen LogP contribution >= 0.6 is 11.6 Å². The third kappa shape index (κ3) is 2.40. The molecule has 2 aromatic rings. The maximum Gasteiger partial charge on any atom is 0.311 e. The number of hydrogen-bond acceptors (Lipinski definition) is 5. The van der Waals surface area contributed by atoms with Crippen molar-refractivity contribution >= 4 is 28.9 Å². The molecule has 0 aliphatic heterocycles. The van der Waals surface area contributed by atoms with E-state index >= 15 is 0 Å². The van der Waals surface area contributed by atoms with E-state index in [1.165, 1.54) is 12.1 Å². The highest BCUT2D eigenvalue weighted by molar-refractivity contribution is 6.29. The van der Waals surface area contributed by atoms with Gasteiger partial charge in [-0.05, 0) is 13.0 Å². The van der Waals surface area contributed by atoms with Gasteiger partial charge in [0.2, 0.25) is 5.82 Å². The van der Waals surface area contributed by atoms with Gasteiger partial charge >= 0.3 is 5.69 Å². The molecule has 8 heteroatoms. The third-order valence-electron chi connectivity index (χ3n) is 2.40. The number of rotatable bonds is 3. The lowest BCUT2D eigenvalue weighted by atomic mass is 10.4. The maximum atomic E-state index is 10.9. The van der Waals surface area contributed by atoms with E-state index in [0.717, 1.165) is 5.69 Å². The molecule has 0 radical (unpaired) electrons. The van der Waals surface area contributed by atoms with Gasteiger partial charge in [0.1, 0.15) is 5.15 Å². The minimum absolute atomic E-state index is 0.0746. The van der Waals surface area contributed by atoms with Gasteiger partial charge in [0.05, 0.1) is 4.92 Å². The second-order valence-corrected chi connectivity index (χ2v) is 4.07. The van der Waals surface area contributed by atoms with Crippen molar-refractivity contribution < 1.29 is 4.92 Å². The maximum absolute atomic E-state index is 10.9. The lowest BCUT2D eigenvalue weighted by Crippen LogP contribution is -2.01. The number of aryl methyl sites for hydroxylation is 2. The predicted octanol–water partition coefficient (Wildman–Crippen LogP) is 2.43. The van der Waals surface area contributed by atoms with Crippen molar-refractivity contribution in [2.24, 2.45) is 7.05 Å². The Bertz CT molecular complexity index is 591. The zero-order chi connectivity index (χ0) is 13.3. The van der Waals surface area contributed by atoms with E-state index in [0.29, 0.717) is 5.82 Å². The Morgan fingerprint density at radius 1 is 1.50 bits per heavy atom. The molecule has 2 aromatic heterocycles. The summed E-state index contributed by atoms with van der Waals surface area (Å²) in [6, 6.07) is 4.42. The molecule has 0 unspecified atom stereocenters. The fourth-order valence-corrected chi connectivity index (χ4v) is 1.56. The molecular formula is C10H10ClN5O2. The number of nitrogens with one attached hydrogen (secondary N) is 1. The molecule has 0 aromatic carbocycles. The van der Waals surface area contributed by atoms with Gasteiger partial charge in [-0.25, -0.2) is 4.98 Å². The first-order valence-electron chi connectivity index (χ1n) is 5.06. The Morgan fingerprint density at radius 2 is 2.22 bits per heavy atom. The van der Waals surface area contributed by atoms with Crippen LogP contribution < -0.4 is 5.32 Å². The second kappa shape index (κ2) is 4.61. The average molecular weight is 268 g/mol. The van der Waals surface area contributed by atoms with Crippen LogP contribution in [0, 0.1) is 17.0 Å². The topological polar surface area (TPSA) is 85.9 Å². The molecule has 0 aliphatic rings. The van der Waals surface area contributed by atoms with Crippen LogP contribution in [0.15, 0.2) is 18.2 Å². The highest BCUT2D eigenvalue weighted by Crippen LogP contribution is 2.26. The van der Waals surface area contributed by atoms with Crippen LogP contribution in [0.25, 0.3) is 0 Å². The average Bonchev–Trinajstić information content (AvgIpc) is 2.57. The summed E-state index contributed by atoms with van der Waals surface area (Å²) in [5.41, 5.74) is 0.768. The molecule has 2 heterocycles. The SMILES string of the molecule is Cc1cc(Nc2nc(Cl)ccc2[N+](=O)[O-])nn1C. The van der Waals surface area contributed by atoms with E-state index in [2.05, 4.69) is 15.4 Å². The summed E-state index contributed by atoms with van der Waals surface area (Å²) in [4.78, 5) is 14.2. The Kier molecular flexibility index (Phi) is 3.15. The van der Waals surface area contributed by atoms with Gasteiger partial charge in [-0.15, -0.1) is 0 Å². The van der Waals surface area contributed by atoms with Gasteiger partial charge in [-0.2, -0.15) is 5.10 Å². The van der Waals surface area contributed by atoms with Gasteiger partial charge in [0.25, 0.3) is 0 Å². The van der Waals surface area contributed by atoms with Crippen molar-refractivity contribution in [1.29, 1.82) is 0 Å². The summed E-state index contributed by atoms with van der Waals surface area (Å²) in [6.45, 7) is 1.87. The van der Waals surface area contributed by atoms with Gasteiger partial charge in [0, 0.05) is 24.9 Å². The van der Waals surface area contributed by atoms with E-state index in [1.807, 2.05) is 6.92 Å². The van der Waals surface area contributed by atoms with E-state index < -0.39 is 4.92 Å². The Hall–Kier alpha value is -2.15. The fourth-order valence-electron chi connectivity index (χ4n) is 1.41. The summed E-state index contributed by atoms with van der Waals surface area (Å²) < 4.78 is 1.65. The van der Waals surface area contributed by atoms with Crippen molar-refractivity contribution in [3.05, 3.63) is 39.2 Å². The van der Waals surface area contributed by atoms with Crippen LogP contribution in [0.4, 0.5) is 17.3 Å². The molecule has 1 N–H and O–H groups in total. The number of aromatic nitrogens is 3. The minimum Gasteiger partial charge on any atom is -0.318 e. The highest BCUT2D eigenvalue weighted by Gasteiger charge is 2.16. The van der Waals surface area contributed by atoms with E-state index in [1.54, 1.807) is 17.8 Å². The van der Waals surface area contributed by atoms with Crippen LogP contribution in [0.1, 0.15) is 5.69 Å². The largest absolute Gasteiger partial charge is 0.318 e. The molecule has 18 heavy (non-hydrogen) atoms. The summed E-state index contributed by atoms with van der Waals surface area (Å²) in [6.07, 6.45) is 0. The number of halogens is 1. The molecule has 0 amide bonds. The standard InChI is InChI=1S/C10H10ClN5O2/c1-6-5-9(14-15(6)2)13-10-7(16(17)18)3-4-8(11)12-10/h3-5H,1-2H3,(H,12,13,14). The molecule has 7 nitrogen and oxygen atoms in total. The first-order chi connectivity index (χ1) is 8.47. The van der Waals surface area contributed by atoms with Crippen molar-refractivity contribution in [2.45, 2.75) is 6.92 Å². The van der Waals surface area contributed by atoms with Crippen LogP contribution in [-0.4, -0.2) is 19.7 Å². The number of anilines is 2. The van der Waals surface area contributed by atoms with E-state index in [9.17, 15) is 10.1 Å². The quantitative estimate of drug-likeness (QED) is 0.524. The highest BCUT2D eigenvalue weighted by atomic mass is 35.5. The fraction of sp³-hybridized carbons (Fsp3) is 0.200. The molecule has 2 rings (SSSR count). The van der Waals surface area contributed by atoms with Crippen molar-refractivity contribution in [3.8, 4) is 0 Å². The first-order valence-corrected chi connectivity index (χ1v) is 5.44. The van der Waals surface area contributed by atoms with E-state index in [4.69, 9.17) is 11.6 Å². The van der Waals surface area contributed by atoms with Crippen molar-refractivity contribution in [3.63, 3.8) is 0 Å². The van der Waals surface area contributed by atoms with Crippen LogP contribution in [0.3, 0.4) is 0 Å². The third-order valence-corrected chi connectivity index (χ3v) is 2.61.